The van der Waals surface area contributed by atoms with E-state index >= 15 is 0 Å². The first-order valence-electron chi connectivity index (χ1n) is 5.42. The van der Waals surface area contributed by atoms with Crippen LogP contribution in [0.2, 0.25) is 0 Å². The molecule has 0 saturated carbocycles. The molecule has 1 aromatic heterocycles. The Morgan fingerprint density at radius 3 is 2.67 bits per heavy atom. The molecule has 0 saturated heterocycles. The summed E-state index contributed by atoms with van der Waals surface area (Å²) in [4.78, 5) is 10.9. The fourth-order valence-electron chi connectivity index (χ4n) is 1.81. The van der Waals surface area contributed by atoms with Crippen LogP contribution in [0.4, 0.5) is 4.39 Å². The van der Waals surface area contributed by atoms with Crippen molar-refractivity contribution >= 4 is 5.97 Å². The smallest absolute Gasteiger partial charge is 0.304 e. The predicted octanol–water partition coefficient (Wildman–Crippen LogP) is 2.22. The Morgan fingerprint density at radius 1 is 1.28 bits per heavy atom. The molecule has 0 aliphatic carbocycles. The third-order valence-corrected chi connectivity index (χ3v) is 2.61. The molecule has 4 nitrogen and oxygen atoms in total. The highest BCUT2D eigenvalue weighted by molar-refractivity contribution is 5.68. The number of carbonyl (C=O) groups is 1. The highest BCUT2D eigenvalue weighted by Gasteiger charge is 2.22. The van der Waals surface area contributed by atoms with Crippen molar-refractivity contribution in [2.45, 2.75) is 12.3 Å². The number of benzene rings is 1. The van der Waals surface area contributed by atoms with Crippen LogP contribution < -0.4 is 0 Å². The fraction of sp³-hybridized carbons (Fsp3) is 0.154. The van der Waals surface area contributed by atoms with Gasteiger partial charge in [-0.1, -0.05) is 18.2 Å². The Morgan fingerprint density at radius 2 is 2.06 bits per heavy atom. The van der Waals surface area contributed by atoms with E-state index in [1.807, 2.05) is 0 Å². The van der Waals surface area contributed by atoms with Gasteiger partial charge in [-0.15, -0.1) is 0 Å². The van der Waals surface area contributed by atoms with E-state index in [9.17, 15) is 9.18 Å². The van der Waals surface area contributed by atoms with E-state index in [2.05, 4.69) is 10.2 Å². The molecule has 1 atom stereocenters. The molecule has 0 spiro atoms. The second-order valence-corrected chi connectivity index (χ2v) is 3.82. The normalized spacial score (nSPS) is 12.1. The van der Waals surface area contributed by atoms with E-state index in [4.69, 9.17) is 5.11 Å². The van der Waals surface area contributed by atoms with Gasteiger partial charge in [0.2, 0.25) is 0 Å². The topological polar surface area (TPSA) is 63.1 Å². The molecule has 0 aliphatic rings. The van der Waals surface area contributed by atoms with Crippen LogP contribution in [0.15, 0.2) is 42.6 Å². The third-order valence-electron chi connectivity index (χ3n) is 2.61. The molecule has 1 unspecified atom stereocenters. The van der Waals surface area contributed by atoms with Gasteiger partial charge >= 0.3 is 5.97 Å². The van der Waals surface area contributed by atoms with Gasteiger partial charge in [0.25, 0.3) is 0 Å². The Labute approximate surface area is 103 Å². The maximum atomic E-state index is 13.7. The van der Waals surface area contributed by atoms with Gasteiger partial charge in [-0.25, -0.2) is 4.39 Å². The maximum Gasteiger partial charge on any atom is 0.304 e. The van der Waals surface area contributed by atoms with Gasteiger partial charge < -0.3 is 5.11 Å². The zero-order valence-electron chi connectivity index (χ0n) is 9.45. The lowest BCUT2D eigenvalue weighted by atomic mass is 9.92. The SMILES string of the molecule is O=C(O)CC(c1cccnn1)c1ccccc1F. The van der Waals surface area contributed by atoms with Crippen LogP contribution in [-0.4, -0.2) is 21.3 Å². The van der Waals surface area contributed by atoms with Crippen molar-refractivity contribution in [3.63, 3.8) is 0 Å². The summed E-state index contributed by atoms with van der Waals surface area (Å²) in [6.07, 6.45) is 1.27. The predicted molar refractivity (Wildman–Crippen MR) is 62.5 cm³/mol. The molecule has 18 heavy (non-hydrogen) atoms. The Kier molecular flexibility index (Phi) is 3.62. The monoisotopic (exact) mass is 246 g/mol. The molecule has 0 radical (unpaired) electrons. The molecule has 1 aromatic carbocycles. The lowest BCUT2D eigenvalue weighted by Crippen LogP contribution is -2.11. The first-order chi connectivity index (χ1) is 8.68. The maximum absolute atomic E-state index is 13.7. The first kappa shape index (κ1) is 12.2. The van der Waals surface area contributed by atoms with Crippen molar-refractivity contribution in [3.8, 4) is 0 Å². The number of hydrogen-bond donors (Lipinski definition) is 1. The molecule has 1 heterocycles. The number of halogens is 1. The summed E-state index contributed by atoms with van der Waals surface area (Å²) in [6.45, 7) is 0. The average Bonchev–Trinajstić information content (AvgIpc) is 2.38. The number of aliphatic carboxylic acids is 1. The van der Waals surface area contributed by atoms with E-state index in [1.165, 1.54) is 12.3 Å². The summed E-state index contributed by atoms with van der Waals surface area (Å²) < 4.78 is 13.7. The van der Waals surface area contributed by atoms with Crippen molar-refractivity contribution in [2.24, 2.45) is 0 Å². The van der Waals surface area contributed by atoms with E-state index in [0.717, 1.165) is 0 Å². The fourth-order valence-corrected chi connectivity index (χ4v) is 1.81. The van der Waals surface area contributed by atoms with Crippen molar-refractivity contribution < 1.29 is 14.3 Å². The van der Waals surface area contributed by atoms with Crippen LogP contribution in [-0.2, 0) is 4.79 Å². The summed E-state index contributed by atoms with van der Waals surface area (Å²) in [5.74, 6) is -2.07. The highest BCUT2D eigenvalue weighted by atomic mass is 19.1. The molecular weight excluding hydrogens is 235 g/mol. The first-order valence-corrected chi connectivity index (χ1v) is 5.42. The van der Waals surface area contributed by atoms with Crippen LogP contribution in [0.5, 0.6) is 0 Å². The van der Waals surface area contributed by atoms with Gasteiger partial charge in [0.1, 0.15) is 5.82 Å². The summed E-state index contributed by atoms with van der Waals surface area (Å²) in [7, 11) is 0. The summed E-state index contributed by atoms with van der Waals surface area (Å²) >= 11 is 0. The molecule has 2 aromatic rings. The molecule has 0 fully saturated rings. The quantitative estimate of drug-likeness (QED) is 0.898. The van der Waals surface area contributed by atoms with E-state index in [1.54, 1.807) is 30.3 Å². The van der Waals surface area contributed by atoms with Gasteiger partial charge in [-0.3, -0.25) is 4.79 Å². The van der Waals surface area contributed by atoms with Crippen LogP contribution >= 0.6 is 0 Å². The van der Waals surface area contributed by atoms with E-state index in [0.29, 0.717) is 11.3 Å². The van der Waals surface area contributed by atoms with E-state index in [-0.39, 0.29) is 6.42 Å². The van der Waals surface area contributed by atoms with Gasteiger partial charge in [0.05, 0.1) is 12.1 Å². The molecule has 92 valence electrons. The zero-order chi connectivity index (χ0) is 13.0. The Balaban J connectivity index is 2.44. The number of hydrogen-bond acceptors (Lipinski definition) is 3. The summed E-state index contributed by atoms with van der Waals surface area (Å²) in [5, 5.41) is 16.5. The molecule has 0 bridgehead atoms. The van der Waals surface area contributed by atoms with Gasteiger partial charge in [-0.05, 0) is 23.8 Å². The molecule has 1 N–H and O–H groups in total. The second kappa shape index (κ2) is 5.35. The Hall–Kier alpha value is -2.30. The standard InChI is InChI=1S/C13H11FN2O2/c14-11-5-2-1-4-9(11)10(8-13(17)18)12-6-3-7-15-16-12/h1-7,10H,8H2,(H,17,18). The summed E-state index contributed by atoms with van der Waals surface area (Å²) in [6, 6.07) is 9.40. The van der Waals surface area contributed by atoms with Crippen LogP contribution in [0, 0.1) is 5.82 Å². The van der Waals surface area contributed by atoms with Gasteiger partial charge in [0, 0.05) is 12.1 Å². The number of rotatable bonds is 4. The minimum absolute atomic E-state index is 0.223. The van der Waals surface area contributed by atoms with Crippen LogP contribution in [0.25, 0.3) is 0 Å². The lowest BCUT2D eigenvalue weighted by Gasteiger charge is -2.14. The van der Waals surface area contributed by atoms with Gasteiger partial charge in [-0.2, -0.15) is 10.2 Å². The number of aromatic nitrogens is 2. The molecule has 2 rings (SSSR count). The minimum atomic E-state index is -1.01. The van der Waals surface area contributed by atoms with Crippen LogP contribution in [0.1, 0.15) is 23.6 Å². The third kappa shape index (κ3) is 2.68. The van der Waals surface area contributed by atoms with Gasteiger partial charge in [0.15, 0.2) is 0 Å². The second-order valence-electron chi connectivity index (χ2n) is 3.82. The average molecular weight is 246 g/mol. The van der Waals surface area contributed by atoms with Crippen molar-refractivity contribution in [3.05, 3.63) is 59.7 Å². The van der Waals surface area contributed by atoms with E-state index < -0.39 is 17.7 Å². The lowest BCUT2D eigenvalue weighted by molar-refractivity contribution is -0.137. The number of carboxylic acids is 1. The van der Waals surface area contributed by atoms with Crippen molar-refractivity contribution in [1.82, 2.24) is 10.2 Å². The molecule has 5 heteroatoms. The zero-order valence-corrected chi connectivity index (χ0v) is 9.45. The summed E-state index contributed by atoms with van der Waals surface area (Å²) in [5.41, 5.74) is 0.769. The number of nitrogens with zero attached hydrogens (tertiary/aromatic N) is 2. The highest BCUT2D eigenvalue weighted by Crippen LogP contribution is 2.28. The molecule has 0 amide bonds. The van der Waals surface area contributed by atoms with Crippen molar-refractivity contribution in [1.29, 1.82) is 0 Å². The van der Waals surface area contributed by atoms with Crippen molar-refractivity contribution in [2.75, 3.05) is 0 Å². The minimum Gasteiger partial charge on any atom is -0.481 e. The Bertz CT molecular complexity index is 546. The number of carboxylic acid groups (broad SMARTS) is 1. The van der Waals surface area contributed by atoms with Crippen LogP contribution in [0.3, 0.4) is 0 Å². The molecule has 0 aliphatic heterocycles. The molecular formula is C13H11FN2O2. The largest absolute Gasteiger partial charge is 0.481 e.